The van der Waals surface area contributed by atoms with Gasteiger partial charge in [-0.05, 0) is 19.8 Å². The van der Waals surface area contributed by atoms with Crippen LogP contribution in [0.25, 0.3) is 11.2 Å². The fourth-order valence-electron chi connectivity index (χ4n) is 4.14. The van der Waals surface area contributed by atoms with Gasteiger partial charge in [0.05, 0.1) is 31.7 Å². The van der Waals surface area contributed by atoms with Crippen LogP contribution in [0.15, 0.2) is 12.7 Å². The summed E-state index contributed by atoms with van der Waals surface area (Å²) in [4.78, 5) is 15.8. The van der Waals surface area contributed by atoms with Crippen LogP contribution in [0.5, 0.6) is 0 Å². The van der Waals surface area contributed by atoms with Crippen molar-refractivity contribution in [1.82, 2.24) is 19.5 Å². The van der Waals surface area contributed by atoms with Crippen molar-refractivity contribution in [2.45, 2.75) is 51.3 Å². The van der Waals surface area contributed by atoms with E-state index in [-0.39, 0.29) is 18.1 Å². The molecule has 1 saturated carbocycles. The number of nitrogens with zero attached hydrogens (tertiary/aromatic N) is 5. The molecule has 1 aliphatic heterocycles. The molecule has 24 heavy (non-hydrogen) atoms. The van der Waals surface area contributed by atoms with E-state index in [1.54, 1.807) is 6.33 Å². The summed E-state index contributed by atoms with van der Waals surface area (Å²) in [6.07, 6.45) is 7.42. The fourth-order valence-corrected chi connectivity index (χ4v) is 4.14. The summed E-state index contributed by atoms with van der Waals surface area (Å²) in [5.41, 5.74) is 1.72. The lowest BCUT2D eigenvalue weighted by atomic mass is 9.80. The quantitative estimate of drug-likeness (QED) is 0.921. The van der Waals surface area contributed by atoms with E-state index in [1.807, 2.05) is 10.9 Å². The van der Waals surface area contributed by atoms with Gasteiger partial charge in [-0.1, -0.05) is 12.8 Å². The molecular weight excluding hydrogens is 306 g/mol. The third-order valence-corrected chi connectivity index (χ3v) is 5.44. The molecule has 2 aromatic heterocycles. The first-order valence-electron chi connectivity index (χ1n) is 8.98. The molecule has 1 saturated heterocycles. The van der Waals surface area contributed by atoms with Crippen molar-refractivity contribution in [3.63, 3.8) is 0 Å². The average Bonchev–Trinajstić information content (AvgIpc) is 3.05. The summed E-state index contributed by atoms with van der Waals surface area (Å²) < 4.78 is 7.79. The van der Waals surface area contributed by atoms with Crippen molar-refractivity contribution in [2.75, 3.05) is 24.7 Å². The Kier molecular flexibility index (Phi) is 4.37. The Morgan fingerprint density at radius 1 is 1.25 bits per heavy atom. The first-order valence-corrected chi connectivity index (χ1v) is 8.98. The molecule has 7 nitrogen and oxygen atoms in total. The molecule has 0 spiro atoms. The van der Waals surface area contributed by atoms with Gasteiger partial charge in [0.1, 0.15) is 6.33 Å². The SMILES string of the molecule is CCn1cnc2c(N3CCOCC3C3CCCCC3O)ncnc21. The van der Waals surface area contributed by atoms with E-state index >= 15 is 0 Å². The van der Waals surface area contributed by atoms with Gasteiger partial charge >= 0.3 is 0 Å². The maximum atomic E-state index is 10.5. The molecular formula is C17H25N5O2. The van der Waals surface area contributed by atoms with Gasteiger partial charge in [0.15, 0.2) is 17.0 Å². The van der Waals surface area contributed by atoms with Crippen molar-refractivity contribution in [3.8, 4) is 0 Å². The number of aryl methyl sites for hydroxylation is 1. The van der Waals surface area contributed by atoms with E-state index in [0.717, 1.165) is 49.3 Å². The van der Waals surface area contributed by atoms with E-state index in [2.05, 4.69) is 26.8 Å². The number of rotatable bonds is 3. The highest BCUT2D eigenvalue weighted by Gasteiger charge is 2.37. The lowest BCUT2D eigenvalue weighted by molar-refractivity contribution is 0.00849. The Morgan fingerprint density at radius 3 is 2.96 bits per heavy atom. The second-order valence-electron chi connectivity index (χ2n) is 6.75. The van der Waals surface area contributed by atoms with Gasteiger partial charge in [0, 0.05) is 19.0 Å². The Balaban J connectivity index is 1.71. The Labute approximate surface area is 141 Å². The monoisotopic (exact) mass is 331 g/mol. The molecule has 0 aromatic carbocycles. The number of morpholine rings is 1. The summed E-state index contributed by atoms with van der Waals surface area (Å²) in [6, 6.07) is 0.152. The molecule has 130 valence electrons. The number of ether oxygens (including phenoxy) is 1. The van der Waals surface area contributed by atoms with Gasteiger partial charge in [-0.25, -0.2) is 15.0 Å². The van der Waals surface area contributed by atoms with Gasteiger partial charge in [-0.15, -0.1) is 0 Å². The van der Waals surface area contributed by atoms with Crippen LogP contribution in [-0.2, 0) is 11.3 Å². The Bertz CT molecular complexity index is 703. The number of hydrogen-bond acceptors (Lipinski definition) is 6. The molecule has 0 radical (unpaired) electrons. The van der Waals surface area contributed by atoms with Crippen LogP contribution in [0.2, 0.25) is 0 Å². The van der Waals surface area contributed by atoms with Gasteiger partial charge in [0.2, 0.25) is 0 Å². The number of anilines is 1. The molecule has 3 unspecified atom stereocenters. The standard InChI is InChI=1S/C17H25N5O2/c1-2-21-11-20-15-16(21)18-10-19-17(15)22-7-8-24-9-13(22)12-5-3-4-6-14(12)23/h10-14,23H,2-9H2,1H3. The van der Waals surface area contributed by atoms with Gasteiger partial charge in [-0.3, -0.25) is 0 Å². The van der Waals surface area contributed by atoms with E-state index in [9.17, 15) is 5.11 Å². The molecule has 4 rings (SSSR count). The normalized spacial score (nSPS) is 28.4. The maximum Gasteiger partial charge on any atom is 0.165 e. The smallest absolute Gasteiger partial charge is 0.165 e. The molecule has 1 aliphatic carbocycles. The summed E-state index contributed by atoms with van der Waals surface area (Å²) in [5.74, 6) is 1.11. The number of aliphatic hydroxyl groups excluding tert-OH is 1. The number of fused-ring (bicyclic) bond motifs is 1. The van der Waals surface area contributed by atoms with Crippen LogP contribution in [-0.4, -0.2) is 56.5 Å². The van der Waals surface area contributed by atoms with Gasteiger partial charge in [0.25, 0.3) is 0 Å². The van der Waals surface area contributed by atoms with E-state index in [1.165, 1.54) is 6.42 Å². The molecule has 1 N–H and O–H groups in total. The zero-order chi connectivity index (χ0) is 16.5. The third kappa shape index (κ3) is 2.65. The van der Waals surface area contributed by atoms with Crippen molar-refractivity contribution >= 4 is 17.0 Å². The fraction of sp³-hybridized carbons (Fsp3) is 0.706. The van der Waals surface area contributed by atoms with Crippen LogP contribution in [0.3, 0.4) is 0 Å². The molecule has 2 aliphatic rings. The molecule has 2 aromatic rings. The van der Waals surface area contributed by atoms with Crippen LogP contribution in [0, 0.1) is 5.92 Å². The zero-order valence-electron chi connectivity index (χ0n) is 14.1. The van der Waals surface area contributed by atoms with Crippen LogP contribution in [0.1, 0.15) is 32.6 Å². The minimum absolute atomic E-state index is 0.152. The highest BCUT2D eigenvalue weighted by Crippen LogP contribution is 2.34. The maximum absolute atomic E-state index is 10.5. The zero-order valence-corrected chi connectivity index (χ0v) is 14.1. The van der Waals surface area contributed by atoms with Crippen LogP contribution >= 0.6 is 0 Å². The second kappa shape index (κ2) is 6.64. The first kappa shape index (κ1) is 15.8. The van der Waals surface area contributed by atoms with Gasteiger partial charge < -0.3 is 19.3 Å². The highest BCUT2D eigenvalue weighted by molar-refractivity contribution is 5.83. The van der Waals surface area contributed by atoms with Crippen LogP contribution < -0.4 is 4.90 Å². The molecule has 0 bridgehead atoms. The van der Waals surface area contributed by atoms with Crippen molar-refractivity contribution in [2.24, 2.45) is 5.92 Å². The number of hydrogen-bond donors (Lipinski definition) is 1. The number of aliphatic hydroxyl groups is 1. The van der Waals surface area contributed by atoms with Crippen LogP contribution in [0.4, 0.5) is 5.82 Å². The van der Waals surface area contributed by atoms with E-state index < -0.39 is 0 Å². The highest BCUT2D eigenvalue weighted by atomic mass is 16.5. The lowest BCUT2D eigenvalue weighted by Gasteiger charge is -2.43. The molecule has 2 fully saturated rings. The average molecular weight is 331 g/mol. The Hall–Kier alpha value is -1.73. The molecule has 7 heteroatoms. The topological polar surface area (TPSA) is 76.3 Å². The Morgan fingerprint density at radius 2 is 2.12 bits per heavy atom. The van der Waals surface area contributed by atoms with Crippen molar-refractivity contribution < 1.29 is 9.84 Å². The summed E-state index contributed by atoms with van der Waals surface area (Å²) in [6.45, 7) is 5.01. The third-order valence-electron chi connectivity index (χ3n) is 5.44. The largest absolute Gasteiger partial charge is 0.393 e. The minimum Gasteiger partial charge on any atom is -0.393 e. The minimum atomic E-state index is -0.251. The van der Waals surface area contributed by atoms with E-state index in [4.69, 9.17) is 4.74 Å². The lowest BCUT2D eigenvalue weighted by Crippen LogP contribution is -2.53. The predicted octanol–water partition coefficient (Wildman–Crippen LogP) is 1.60. The number of aromatic nitrogens is 4. The summed E-state index contributed by atoms with van der Waals surface area (Å²) in [5, 5.41) is 10.5. The van der Waals surface area contributed by atoms with Crippen molar-refractivity contribution in [3.05, 3.63) is 12.7 Å². The second-order valence-corrected chi connectivity index (χ2v) is 6.75. The molecule has 3 atom stereocenters. The summed E-state index contributed by atoms with van der Waals surface area (Å²) >= 11 is 0. The number of imidazole rings is 1. The predicted molar refractivity (Wildman–Crippen MR) is 90.9 cm³/mol. The van der Waals surface area contributed by atoms with E-state index in [0.29, 0.717) is 13.2 Å². The molecule has 3 heterocycles. The molecule has 0 amide bonds. The van der Waals surface area contributed by atoms with Crippen molar-refractivity contribution in [1.29, 1.82) is 0 Å². The van der Waals surface area contributed by atoms with Gasteiger partial charge in [-0.2, -0.15) is 0 Å². The summed E-state index contributed by atoms with van der Waals surface area (Å²) in [7, 11) is 0. The first-order chi connectivity index (χ1) is 11.8.